The van der Waals surface area contributed by atoms with E-state index in [0.29, 0.717) is 26.2 Å². The summed E-state index contributed by atoms with van der Waals surface area (Å²) in [6.07, 6.45) is 1.74. The van der Waals surface area contributed by atoms with Gasteiger partial charge in [0, 0.05) is 32.4 Å². The van der Waals surface area contributed by atoms with Crippen molar-refractivity contribution in [2.45, 2.75) is 12.5 Å². The summed E-state index contributed by atoms with van der Waals surface area (Å²) in [5.41, 5.74) is 1.16. The summed E-state index contributed by atoms with van der Waals surface area (Å²) in [7, 11) is -3.75. The summed E-state index contributed by atoms with van der Waals surface area (Å²) in [5.74, 6) is -0.333. The molecule has 0 spiro atoms. The van der Waals surface area contributed by atoms with E-state index in [2.05, 4.69) is 20.2 Å². The fourth-order valence-corrected chi connectivity index (χ4v) is 4.12. The highest BCUT2D eigenvalue weighted by Gasteiger charge is 2.31. The molecule has 1 aromatic heterocycles. The van der Waals surface area contributed by atoms with E-state index in [1.165, 1.54) is 10.5 Å². The first-order valence-corrected chi connectivity index (χ1v) is 9.56. The highest BCUT2D eigenvalue weighted by atomic mass is 32.2. The molecule has 1 aromatic carbocycles. The van der Waals surface area contributed by atoms with Crippen molar-refractivity contribution < 1.29 is 13.2 Å². The van der Waals surface area contributed by atoms with Crippen molar-refractivity contribution in [3.63, 3.8) is 0 Å². The Morgan fingerprint density at radius 3 is 2.56 bits per heavy atom. The van der Waals surface area contributed by atoms with Crippen LogP contribution in [0.3, 0.4) is 0 Å². The van der Waals surface area contributed by atoms with Crippen LogP contribution in [-0.4, -0.2) is 60.9 Å². The van der Waals surface area contributed by atoms with Crippen LogP contribution in [0.4, 0.5) is 0 Å². The molecule has 9 heteroatoms. The molecule has 1 fully saturated rings. The van der Waals surface area contributed by atoms with Crippen molar-refractivity contribution >= 4 is 16.0 Å². The molecule has 1 aliphatic heterocycles. The maximum Gasteiger partial charge on any atom is 0.280 e. The van der Waals surface area contributed by atoms with Gasteiger partial charge in [0.05, 0.1) is 6.04 Å². The van der Waals surface area contributed by atoms with Gasteiger partial charge >= 0.3 is 0 Å². The molecule has 0 bridgehead atoms. The molecular weight excluding hydrogens is 342 g/mol. The van der Waals surface area contributed by atoms with Gasteiger partial charge in [-0.2, -0.15) is 22.5 Å². The molecule has 1 aliphatic rings. The molecule has 0 saturated carbocycles. The van der Waals surface area contributed by atoms with Crippen LogP contribution in [-0.2, 0) is 16.6 Å². The van der Waals surface area contributed by atoms with E-state index < -0.39 is 16.3 Å². The van der Waals surface area contributed by atoms with E-state index in [4.69, 9.17) is 0 Å². The summed E-state index contributed by atoms with van der Waals surface area (Å²) in [6.45, 7) is 1.95. The number of aromatic amines is 1. The molecule has 134 valence electrons. The minimum atomic E-state index is -3.75. The Balaban J connectivity index is 1.81. The standard InChI is InChI=1S/C16H21N5O3S/c22-16(14-6-7-18-19-14)15(12-13-4-2-1-3-5-13)20-25(23,24)21-10-8-17-9-11-21/h1-7,15,17,20H,8-12H2,(H,18,19)/t15-/m0/s1. The molecule has 25 heavy (non-hydrogen) atoms. The van der Waals surface area contributed by atoms with Crippen LogP contribution in [0.25, 0.3) is 0 Å². The maximum atomic E-state index is 12.7. The number of hydrogen-bond acceptors (Lipinski definition) is 5. The quantitative estimate of drug-likeness (QED) is 0.598. The van der Waals surface area contributed by atoms with Crippen LogP contribution in [0.15, 0.2) is 42.6 Å². The zero-order valence-corrected chi connectivity index (χ0v) is 14.5. The number of ketones is 1. The number of rotatable bonds is 7. The monoisotopic (exact) mass is 363 g/mol. The van der Waals surface area contributed by atoms with Crippen molar-refractivity contribution in [3.05, 3.63) is 53.9 Å². The summed E-state index contributed by atoms with van der Waals surface area (Å²) in [4.78, 5) is 12.7. The lowest BCUT2D eigenvalue weighted by Crippen LogP contribution is -2.54. The Labute approximate surface area is 146 Å². The van der Waals surface area contributed by atoms with Gasteiger partial charge in [0.15, 0.2) is 5.78 Å². The lowest BCUT2D eigenvalue weighted by molar-refractivity contribution is 0.0947. The maximum absolute atomic E-state index is 12.7. The SMILES string of the molecule is O=C(c1ccn[nH]1)[C@H](Cc1ccccc1)NS(=O)(=O)N1CCNCC1. The zero-order valence-electron chi connectivity index (χ0n) is 13.7. The topological polar surface area (TPSA) is 107 Å². The van der Waals surface area contributed by atoms with Gasteiger partial charge in [-0.1, -0.05) is 30.3 Å². The second-order valence-corrected chi connectivity index (χ2v) is 7.55. The van der Waals surface area contributed by atoms with Crippen LogP contribution >= 0.6 is 0 Å². The predicted octanol–water partition coefficient (Wildman–Crippen LogP) is -0.0567. The van der Waals surface area contributed by atoms with Crippen LogP contribution in [0.1, 0.15) is 16.1 Å². The number of carbonyl (C=O) groups excluding carboxylic acids is 1. The third-order valence-corrected chi connectivity index (χ3v) is 5.70. The highest BCUT2D eigenvalue weighted by Crippen LogP contribution is 2.11. The van der Waals surface area contributed by atoms with Crippen molar-refractivity contribution in [1.82, 2.24) is 24.5 Å². The number of H-pyrrole nitrogens is 1. The highest BCUT2D eigenvalue weighted by molar-refractivity contribution is 7.87. The van der Waals surface area contributed by atoms with Gasteiger partial charge in [-0.05, 0) is 18.1 Å². The van der Waals surface area contributed by atoms with Gasteiger partial charge < -0.3 is 5.32 Å². The fourth-order valence-electron chi connectivity index (χ4n) is 2.76. The minimum absolute atomic E-state index is 0.268. The average molecular weight is 363 g/mol. The molecule has 1 saturated heterocycles. The normalized spacial score (nSPS) is 17.3. The number of piperazine rings is 1. The molecule has 0 amide bonds. The first-order chi connectivity index (χ1) is 12.1. The Kier molecular flexibility index (Phi) is 5.59. The van der Waals surface area contributed by atoms with Gasteiger partial charge in [-0.3, -0.25) is 9.89 Å². The Morgan fingerprint density at radius 1 is 1.20 bits per heavy atom. The average Bonchev–Trinajstić information content (AvgIpc) is 3.17. The molecule has 0 aliphatic carbocycles. The van der Waals surface area contributed by atoms with Crippen LogP contribution in [0.2, 0.25) is 0 Å². The summed E-state index contributed by atoms with van der Waals surface area (Å²) in [5, 5.41) is 9.50. The van der Waals surface area contributed by atoms with Crippen molar-refractivity contribution in [2.75, 3.05) is 26.2 Å². The van der Waals surface area contributed by atoms with Gasteiger partial charge in [0.2, 0.25) is 0 Å². The summed E-state index contributed by atoms with van der Waals surface area (Å²) >= 11 is 0. The number of Topliss-reactive ketones (excluding diaryl/α,β-unsaturated/α-hetero) is 1. The molecular formula is C16H21N5O3S. The summed E-state index contributed by atoms with van der Waals surface area (Å²) < 4.78 is 29.3. The third-order valence-electron chi connectivity index (χ3n) is 4.07. The Bertz CT molecular complexity index is 786. The van der Waals surface area contributed by atoms with Crippen molar-refractivity contribution in [2.24, 2.45) is 0 Å². The summed E-state index contributed by atoms with van der Waals surface area (Å²) in [6, 6.07) is 9.97. The Hall–Kier alpha value is -2.07. The van der Waals surface area contributed by atoms with E-state index in [-0.39, 0.29) is 17.9 Å². The number of aromatic nitrogens is 2. The predicted molar refractivity (Wildman–Crippen MR) is 93.4 cm³/mol. The largest absolute Gasteiger partial charge is 0.314 e. The molecule has 3 rings (SSSR count). The van der Waals surface area contributed by atoms with E-state index in [9.17, 15) is 13.2 Å². The minimum Gasteiger partial charge on any atom is -0.314 e. The smallest absolute Gasteiger partial charge is 0.280 e. The van der Waals surface area contributed by atoms with Gasteiger partial charge in [0.1, 0.15) is 5.69 Å². The molecule has 2 aromatic rings. The number of nitrogens with one attached hydrogen (secondary N) is 3. The molecule has 1 atom stereocenters. The van der Waals surface area contributed by atoms with E-state index in [1.54, 1.807) is 6.07 Å². The van der Waals surface area contributed by atoms with E-state index in [1.807, 2.05) is 30.3 Å². The molecule has 2 heterocycles. The Morgan fingerprint density at radius 2 is 1.92 bits per heavy atom. The number of hydrogen-bond donors (Lipinski definition) is 3. The van der Waals surface area contributed by atoms with E-state index >= 15 is 0 Å². The third kappa shape index (κ3) is 4.51. The molecule has 0 radical (unpaired) electrons. The van der Waals surface area contributed by atoms with Crippen LogP contribution in [0.5, 0.6) is 0 Å². The fraction of sp³-hybridized carbons (Fsp3) is 0.375. The lowest BCUT2D eigenvalue weighted by atomic mass is 10.0. The number of benzene rings is 1. The second-order valence-electron chi connectivity index (χ2n) is 5.85. The van der Waals surface area contributed by atoms with Crippen molar-refractivity contribution in [1.29, 1.82) is 0 Å². The van der Waals surface area contributed by atoms with Gasteiger partial charge in [-0.25, -0.2) is 0 Å². The van der Waals surface area contributed by atoms with Crippen molar-refractivity contribution in [3.8, 4) is 0 Å². The van der Waals surface area contributed by atoms with Crippen LogP contribution < -0.4 is 10.0 Å². The number of nitrogens with zero attached hydrogens (tertiary/aromatic N) is 2. The first kappa shape index (κ1) is 17.7. The second kappa shape index (κ2) is 7.87. The molecule has 0 unspecified atom stereocenters. The molecule has 3 N–H and O–H groups in total. The van der Waals surface area contributed by atoms with Gasteiger partial charge in [0.25, 0.3) is 10.2 Å². The first-order valence-electron chi connectivity index (χ1n) is 8.12. The van der Waals surface area contributed by atoms with Crippen LogP contribution in [0, 0.1) is 0 Å². The van der Waals surface area contributed by atoms with E-state index in [0.717, 1.165) is 5.56 Å². The van der Waals surface area contributed by atoms with Gasteiger partial charge in [-0.15, -0.1) is 0 Å². The lowest BCUT2D eigenvalue weighted by Gasteiger charge is -2.28. The zero-order chi connectivity index (χ0) is 17.7. The number of carbonyl (C=O) groups is 1. The molecule has 8 nitrogen and oxygen atoms in total.